The normalized spacial score (nSPS) is 10.1. The van der Waals surface area contributed by atoms with Crippen molar-refractivity contribution in [3.63, 3.8) is 0 Å². The number of nitrogens with one attached hydrogen (secondary N) is 1. The second-order valence-corrected chi connectivity index (χ2v) is 3.74. The molecule has 3 N–H and O–H groups in total. The molecule has 0 radical (unpaired) electrons. The maximum atomic E-state index is 12.1. The van der Waals surface area contributed by atoms with E-state index in [4.69, 9.17) is 5.73 Å². The van der Waals surface area contributed by atoms with Crippen molar-refractivity contribution >= 4 is 11.7 Å². The zero-order valence-corrected chi connectivity index (χ0v) is 9.84. The standard InChI is InChI=1S/C13H14N4O/c14-6-5-10-3-1-2-4-11(10)13(18)17-12-9-15-7-8-16-12/h1-4,7-9H,5-6,14H2,(H,16,17,18). The van der Waals surface area contributed by atoms with Crippen LogP contribution in [0.2, 0.25) is 0 Å². The lowest BCUT2D eigenvalue weighted by atomic mass is 10.0. The molecule has 0 aliphatic heterocycles. The summed E-state index contributed by atoms with van der Waals surface area (Å²) >= 11 is 0. The van der Waals surface area contributed by atoms with Gasteiger partial charge in [-0.3, -0.25) is 9.78 Å². The van der Waals surface area contributed by atoms with Crippen molar-refractivity contribution in [1.29, 1.82) is 0 Å². The third-order valence-electron chi connectivity index (χ3n) is 2.48. The van der Waals surface area contributed by atoms with Crippen LogP contribution in [-0.2, 0) is 6.42 Å². The van der Waals surface area contributed by atoms with Gasteiger partial charge in [-0.05, 0) is 24.6 Å². The van der Waals surface area contributed by atoms with Crippen molar-refractivity contribution in [2.75, 3.05) is 11.9 Å². The SMILES string of the molecule is NCCc1ccccc1C(=O)Nc1cnccn1. The summed E-state index contributed by atoms with van der Waals surface area (Å²) in [5, 5.41) is 2.70. The molecule has 0 fully saturated rings. The van der Waals surface area contributed by atoms with Crippen molar-refractivity contribution in [3.8, 4) is 0 Å². The molecule has 1 aromatic carbocycles. The van der Waals surface area contributed by atoms with Gasteiger partial charge in [-0.1, -0.05) is 18.2 Å². The van der Waals surface area contributed by atoms with Crippen LogP contribution in [0.1, 0.15) is 15.9 Å². The minimum atomic E-state index is -0.195. The zero-order chi connectivity index (χ0) is 12.8. The number of nitrogens with two attached hydrogens (primary N) is 1. The first kappa shape index (κ1) is 12.2. The zero-order valence-electron chi connectivity index (χ0n) is 9.84. The van der Waals surface area contributed by atoms with Gasteiger partial charge in [0.1, 0.15) is 0 Å². The molecule has 0 aliphatic rings. The number of aromatic nitrogens is 2. The number of carbonyl (C=O) groups excluding carboxylic acids is 1. The van der Waals surface area contributed by atoms with E-state index in [1.165, 1.54) is 12.4 Å². The van der Waals surface area contributed by atoms with Crippen LogP contribution in [0.15, 0.2) is 42.9 Å². The highest BCUT2D eigenvalue weighted by molar-refractivity contribution is 6.04. The maximum Gasteiger partial charge on any atom is 0.257 e. The van der Waals surface area contributed by atoms with Crippen LogP contribution in [-0.4, -0.2) is 22.4 Å². The quantitative estimate of drug-likeness (QED) is 0.845. The van der Waals surface area contributed by atoms with Crippen molar-refractivity contribution in [2.45, 2.75) is 6.42 Å². The van der Waals surface area contributed by atoms with Gasteiger partial charge in [0.15, 0.2) is 5.82 Å². The number of nitrogens with zero attached hydrogens (tertiary/aromatic N) is 2. The summed E-state index contributed by atoms with van der Waals surface area (Å²) in [6.07, 6.45) is 5.26. The minimum Gasteiger partial charge on any atom is -0.330 e. The number of rotatable bonds is 4. The Morgan fingerprint density at radius 2 is 2.11 bits per heavy atom. The third kappa shape index (κ3) is 2.89. The van der Waals surface area contributed by atoms with Gasteiger partial charge in [-0.15, -0.1) is 0 Å². The summed E-state index contributed by atoms with van der Waals surface area (Å²) in [5.74, 6) is 0.240. The molecule has 1 amide bonds. The van der Waals surface area contributed by atoms with E-state index in [1.54, 1.807) is 12.3 Å². The Bertz CT molecular complexity index is 528. The second kappa shape index (κ2) is 5.88. The Morgan fingerprint density at radius 1 is 1.28 bits per heavy atom. The Morgan fingerprint density at radius 3 is 2.83 bits per heavy atom. The van der Waals surface area contributed by atoms with E-state index >= 15 is 0 Å². The summed E-state index contributed by atoms with van der Waals surface area (Å²) in [5.41, 5.74) is 7.08. The van der Waals surface area contributed by atoms with Gasteiger partial charge in [0, 0.05) is 18.0 Å². The van der Waals surface area contributed by atoms with E-state index in [-0.39, 0.29) is 5.91 Å². The Labute approximate surface area is 105 Å². The molecule has 5 heteroatoms. The van der Waals surface area contributed by atoms with E-state index in [2.05, 4.69) is 15.3 Å². The molecule has 2 rings (SSSR count). The van der Waals surface area contributed by atoms with Crippen LogP contribution >= 0.6 is 0 Å². The monoisotopic (exact) mass is 242 g/mol. The molecular weight excluding hydrogens is 228 g/mol. The largest absolute Gasteiger partial charge is 0.330 e. The molecule has 92 valence electrons. The Balaban J connectivity index is 2.19. The lowest BCUT2D eigenvalue weighted by Crippen LogP contribution is -2.16. The molecule has 0 unspecified atom stereocenters. The van der Waals surface area contributed by atoms with Gasteiger partial charge >= 0.3 is 0 Å². The fourth-order valence-corrected chi connectivity index (χ4v) is 1.66. The van der Waals surface area contributed by atoms with Crippen molar-refractivity contribution in [1.82, 2.24) is 9.97 Å². The predicted molar refractivity (Wildman–Crippen MR) is 69.2 cm³/mol. The van der Waals surface area contributed by atoms with Gasteiger partial charge in [0.05, 0.1) is 6.20 Å². The predicted octanol–water partition coefficient (Wildman–Crippen LogP) is 1.23. The molecule has 0 atom stereocenters. The van der Waals surface area contributed by atoms with E-state index in [0.29, 0.717) is 24.3 Å². The lowest BCUT2D eigenvalue weighted by molar-refractivity contribution is 0.102. The molecular formula is C13H14N4O. The molecule has 0 aliphatic carbocycles. The summed E-state index contributed by atoms with van der Waals surface area (Å²) in [7, 11) is 0. The first-order chi connectivity index (χ1) is 8.81. The van der Waals surface area contributed by atoms with Gasteiger partial charge in [-0.2, -0.15) is 0 Å². The van der Waals surface area contributed by atoms with Gasteiger partial charge in [-0.25, -0.2) is 4.98 Å². The van der Waals surface area contributed by atoms with Crippen LogP contribution in [0.3, 0.4) is 0 Å². The van der Waals surface area contributed by atoms with E-state index < -0.39 is 0 Å². The highest BCUT2D eigenvalue weighted by Crippen LogP contribution is 2.11. The number of hydrogen-bond acceptors (Lipinski definition) is 4. The average molecular weight is 242 g/mol. The van der Waals surface area contributed by atoms with Gasteiger partial charge in [0.25, 0.3) is 5.91 Å². The highest BCUT2D eigenvalue weighted by Gasteiger charge is 2.10. The molecule has 1 aromatic heterocycles. The second-order valence-electron chi connectivity index (χ2n) is 3.74. The summed E-state index contributed by atoms with van der Waals surface area (Å²) in [6.45, 7) is 0.509. The smallest absolute Gasteiger partial charge is 0.257 e. The van der Waals surface area contributed by atoms with Gasteiger partial charge < -0.3 is 11.1 Å². The Kier molecular flexibility index (Phi) is 3.98. The van der Waals surface area contributed by atoms with E-state index in [0.717, 1.165) is 5.56 Å². The van der Waals surface area contributed by atoms with Crippen molar-refractivity contribution in [3.05, 3.63) is 54.0 Å². The van der Waals surface area contributed by atoms with Crippen LogP contribution in [0, 0.1) is 0 Å². The molecule has 1 heterocycles. The molecule has 0 saturated heterocycles. The average Bonchev–Trinajstić information content (AvgIpc) is 2.41. The number of anilines is 1. The van der Waals surface area contributed by atoms with Crippen molar-refractivity contribution in [2.24, 2.45) is 5.73 Å². The number of amides is 1. The Hall–Kier alpha value is -2.27. The van der Waals surface area contributed by atoms with Crippen LogP contribution in [0.25, 0.3) is 0 Å². The van der Waals surface area contributed by atoms with Crippen LogP contribution < -0.4 is 11.1 Å². The van der Waals surface area contributed by atoms with E-state index in [9.17, 15) is 4.79 Å². The fraction of sp³-hybridized carbons (Fsp3) is 0.154. The molecule has 0 saturated carbocycles. The van der Waals surface area contributed by atoms with E-state index in [1.807, 2.05) is 18.2 Å². The molecule has 2 aromatic rings. The topological polar surface area (TPSA) is 80.9 Å². The molecule has 5 nitrogen and oxygen atoms in total. The first-order valence-electron chi connectivity index (χ1n) is 5.66. The fourth-order valence-electron chi connectivity index (χ4n) is 1.66. The third-order valence-corrected chi connectivity index (χ3v) is 2.48. The number of hydrogen-bond donors (Lipinski definition) is 2. The molecule has 18 heavy (non-hydrogen) atoms. The highest BCUT2D eigenvalue weighted by atomic mass is 16.1. The first-order valence-corrected chi connectivity index (χ1v) is 5.66. The summed E-state index contributed by atoms with van der Waals surface area (Å²) in [6, 6.07) is 7.39. The number of benzene rings is 1. The lowest BCUT2D eigenvalue weighted by Gasteiger charge is -2.08. The van der Waals surface area contributed by atoms with Crippen molar-refractivity contribution < 1.29 is 4.79 Å². The minimum absolute atomic E-state index is 0.195. The summed E-state index contributed by atoms with van der Waals surface area (Å²) in [4.78, 5) is 20.0. The number of carbonyl (C=O) groups is 1. The summed E-state index contributed by atoms with van der Waals surface area (Å²) < 4.78 is 0. The molecule has 0 bridgehead atoms. The van der Waals surface area contributed by atoms with Crippen LogP contribution in [0.4, 0.5) is 5.82 Å². The molecule has 0 spiro atoms. The maximum absolute atomic E-state index is 12.1. The van der Waals surface area contributed by atoms with Crippen LogP contribution in [0.5, 0.6) is 0 Å². The van der Waals surface area contributed by atoms with Gasteiger partial charge in [0.2, 0.25) is 0 Å².